The molecule has 4 atom stereocenters. The van der Waals surface area contributed by atoms with Crippen LogP contribution in [0.5, 0.6) is 0 Å². The summed E-state index contributed by atoms with van der Waals surface area (Å²) < 4.78 is 0. The van der Waals surface area contributed by atoms with Crippen LogP contribution in [0.3, 0.4) is 0 Å². The van der Waals surface area contributed by atoms with Crippen LogP contribution in [0.1, 0.15) is 45.2 Å². The van der Waals surface area contributed by atoms with Crippen molar-refractivity contribution in [1.29, 1.82) is 0 Å². The van der Waals surface area contributed by atoms with Crippen LogP contribution in [0.2, 0.25) is 0 Å². The van der Waals surface area contributed by atoms with Gasteiger partial charge in [0.05, 0.1) is 12.1 Å². The monoisotopic (exact) mass is 642 g/mol. The van der Waals surface area contributed by atoms with Gasteiger partial charge in [-0.05, 0) is 57.6 Å². The molecule has 0 amide bonds. The molecule has 2 heterocycles. The fourth-order valence-corrected chi connectivity index (χ4v) is 6.53. The van der Waals surface area contributed by atoms with Crippen molar-refractivity contribution in [2.75, 3.05) is 0 Å². The summed E-state index contributed by atoms with van der Waals surface area (Å²) in [5.74, 6) is 0.678. The van der Waals surface area contributed by atoms with Crippen molar-refractivity contribution in [2.24, 2.45) is 9.98 Å². The van der Waals surface area contributed by atoms with Gasteiger partial charge in [0.25, 0.3) is 0 Å². The van der Waals surface area contributed by atoms with E-state index in [4.69, 9.17) is 9.98 Å². The van der Waals surface area contributed by atoms with Crippen molar-refractivity contribution in [3.8, 4) is 0 Å². The van der Waals surface area contributed by atoms with Gasteiger partial charge in [0.2, 0.25) is 0 Å². The van der Waals surface area contributed by atoms with E-state index in [1.54, 1.807) is 0 Å². The van der Waals surface area contributed by atoms with Crippen LogP contribution in [0.4, 0.5) is 0 Å². The summed E-state index contributed by atoms with van der Waals surface area (Å²) in [6.07, 6.45) is 11.3. The van der Waals surface area contributed by atoms with E-state index in [9.17, 15) is 0 Å². The Morgan fingerprint density at radius 2 is 1.03 bits per heavy atom. The van der Waals surface area contributed by atoms with Gasteiger partial charge in [-0.2, -0.15) is 0 Å². The predicted octanol–water partition coefficient (Wildman–Crippen LogP) is 6.63. The quantitative estimate of drug-likeness (QED) is 0.185. The topological polar surface area (TPSA) is 50.5 Å². The van der Waals surface area contributed by atoms with E-state index in [0.717, 1.165) is 11.1 Å². The summed E-state index contributed by atoms with van der Waals surface area (Å²) in [7, 11) is 1.25. The Kier molecular flexibility index (Phi) is 6.72. The first kappa shape index (κ1) is 23.9. The SMILES string of the molecule is C(=N[C@@H]1C2c3ccccc3C23c2ccccc2C3[C@H]1N=Cc1ccncc1)c1ccncc1.[Br][Ni][Br]. The molecule has 7 rings (SSSR count). The Balaban J connectivity index is 0.000000765. The number of hydrogen-bond donors (Lipinski definition) is 0. The standard InChI is InChI=1S/C29H22N4.2BrH.Ni/c1-3-7-23-21(5-1)25-27(32-17-19-9-13-30-14-10-19)28(33-18-20-11-15-31-16-12-20)26-22-6-2-4-8-24(22)29(23,25)26;;;/h1-18,25-28H;2*1H;/q;;;+2/p-2/t25?,26?,27-,28-,29?;;;/m1.../s1. The summed E-state index contributed by atoms with van der Waals surface area (Å²) in [4.78, 5) is 18.7. The molecule has 182 valence electrons. The van der Waals surface area contributed by atoms with E-state index < -0.39 is 0 Å². The Labute approximate surface area is 230 Å². The molecule has 1 spiro atoms. The van der Waals surface area contributed by atoms with Gasteiger partial charge < -0.3 is 0 Å². The van der Waals surface area contributed by atoms with Gasteiger partial charge in [-0.15, -0.1) is 0 Å². The van der Waals surface area contributed by atoms with Crippen LogP contribution in [-0.2, 0) is 16.3 Å². The van der Waals surface area contributed by atoms with Crippen LogP contribution in [0.25, 0.3) is 0 Å². The summed E-state index contributed by atoms with van der Waals surface area (Å²) in [5.41, 5.74) is 7.94. The van der Waals surface area contributed by atoms with Crippen LogP contribution in [0, 0.1) is 0 Å². The van der Waals surface area contributed by atoms with Gasteiger partial charge in [0.1, 0.15) is 0 Å². The molecule has 4 aromatic rings. The average molecular weight is 645 g/mol. The van der Waals surface area contributed by atoms with Crippen molar-refractivity contribution >= 4 is 40.9 Å². The second kappa shape index (κ2) is 10.1. The summed E-state index contributed by atoms with van der Waals surface area (Å²) in [6.45, 7) is 0. The molecule has 7 heteroatoms. The molecule has 2 aromatic heterocycles. The van der Waals surface area contributed by atoms with Gasteiger partial charge in [-0.3, -0.25) is 20.0 Å². The molecule has 4 nitrogen and oxygen atoms in total. The van der Waals surface area contributed by atoms with Crippen molar-refractivity contribution in [2.45, 2.75) is 29.3 Å². The van der Waals surface area contributed by atoms with E-state index in [2.05, 4.69) is 86.9 Å². The molecule has 0 aliphatic heterocycles. The van der Waals surface area contributed by atoms with Crippen LogP contribution >= 0.6 is 28.5 Å². The third-order valence-corrected chi connectivity index (χ3v) is 7.70. The molecular formula is C29H22Br2N4Ni. The molecule has 2 unspecified atom stereocenters. The number of fused-ring (bicyclic) bond motifs is 4. The normalized spacial score (nSPS) is 26.7. The third kappa shape index (κ3) is 3.67. The Morgan fingerprint density at radius 3 is 1.44 bits per heavy atom. The van der Waals surface area contributed by atoms with Gasteiger partial charge in [-0.25, -0.2) is 0 Å². The number of pyridine rings is 2. The Morgan fingerprint density at radius 1 is 0.639 bits per heavy atom. The maximum atomic E-state index is 5.21. The zero-order chi connectivity index (χ0) is 24.5. The zero-order valence-corrected chi connectivity index (χ0v) is 23.2. The first-order valence-corrected chi connectivity index (χ1v) is 16.6. The van der Waals surface area contributed by atoms with Crippen LogP contribution in [-0.4, -0.2) is 34.5 Å². The van der Waals surface area contributed by atoms with Crippen molar-refractivity contribution < 1.29 is 10.9 Å². The first-order chi connectivity index (χ1) is 17.8. The zero-order valence-electron chi connectivity index (χ0n) is 19.1. The first-order valence-electron chi connectivity index (χ1n) is 11.7. The molecule has 36 heavy (non-hydrogen) atoms. The molecule has 2 aromatic carbocycles. The molecule has 3 aliphatic carbocycles. The number of aliphatic imine (C=N–C) groups is 2. The molecule has 0 radical (unpaired) electrons. The predicted molar refractivity (Wildman–Crippen MR) is 148 cm³/mol. The van der Waals surface area contributed by atoms with E-state index in [1.165, 1.54) is 33.2 Å². The van der Waals surface area contributed by atoms with Crippen LogP contribution in [0.15, 0.2) is 108 Å². The van der Waals surface area contributed by atoms with E-state index in [1.807, 2.05) is 61.5 Å². The summed E-state index contributed by atoms with van der Waals surface area (Å²) in [5, 5.41) is 0. The molecule has 0 N–H and O–H groups in total. The number of aromatic nitrogens is 2. The number of rotatable bonds is 4. The summed E-state index contributed by atoms with van der Waals surface area (Å²) in [6, 6.07) is 26.0. The summed E-state index contributed by atoms with van der Waals surface area (Å²) >= 11 is 6.00. The van der Waals surface area contributed by atoms with E-state index >= 15 is 0 Å². The Hall–Kier alpha value is -2.47. The maximum absolute atomic E-state index is 5.21. The average Bonchev–Trinajstić information content (AvgIpc) is 3.12. The molecule has 0 saturated heterocycles. The van der Waals surface area contributed by atoms with Gasteiger partial charge >= 0.3 is 39.3 Å². The van der Waals surface area contributed by atoms with Gasteiger partial charge in [-0.1, -0.05) is 48.5 Å². The minimum absolute atomic E-state index is 0.0215. The van der Waals surface area contributed by atoms with Crippen molar-refractivity contribution in [3.63, 3.8) is 0 Å². The number of halogens is 2. The molecule has 1 fully saturated rings. The van der Waals surface area contributed by atoms with Crippen molar-refractivity contribution in [3.05, 3.63) is 131 Å². The Bertz CT molecular complexity index is 1320. The second-order valence-electron chi connectivity index (χ2n) is 9.14. The molecular weight excluding hydrogens is 623 g/mol. The second-order valence-corrected chi connectivity index (χ2v) is 14.1. The van der Waals surface area contributed by atoms with Gasteiger partial charge in [0.15, 0.2) is 0 Å². The number of hydrogen-bond acceptors (Lipinski definition) is 4. The van der Waals surface area contributed by atoms with E-state index in [0.29, 0.717) is 11.8 Å². The molecule has 3 aliphatic rings. The third-order valence-electron chi connectivity index (χ3n) is 7.70. The van der Waals surface area contributed by atoms with Crippen molar-refractivity contribution in [1.82, 2.24) is 9.97 Å². The van der Waals surface area contributed by atoms with E-state index in [-0.39, 0.29) is 17.5 Å². The minimum atomic E-state index is 0.0215. The number of nitrogens with zero attached hydrogens (tertiary/aromatic N) is 4. The number of benzene rings is 2. The molecule has 0 bridgehead atoms. The fraction of sp³-hybridized carbons (Fsp3) is 0.172. The van der Waals surface area contributed by atoms with Crippen LogP contribution < -0.4 is 0 Å². The molecule has 1 saturated carbocycles. The van der Waals surface area contributed by atoms with Gasteiger partial charge in [0, 0.05) is 54.5 Å². The fourth-order valence-electron chi connectivity index (χ4n) is 6.53.